The summed E-state index contributed by atoms with van der Waals surface area (Å²) in [6, 6.07) is 11.4. The molecule has 0 fully saturated rings. The molecule has 7 nitrogen and oxygen atoms in total. The number of nitrogens with two attached hydrogens (primary N) is 2. The number of benzene rings is 2. The molecule has 0 unspecified atom stereocenters. The Morgan fingerprint density at radius 2 is 1.88 bits per heavy atom. The molecular weight excluding hydrogens is 342 g/mol. The van der Waals surface area contributed by atoms with E-state index in [0.717, 1.165) is 11.1 Å². The zero-order valence-electron chi connectivity index (χ0n) is 13.3. The standard InChI is InChI=1S/C17H17N3O4S/c18-14-3-5-15(6-4-14)25(22,23)20-10-9-13-11-12(1-7-16(13)20)2-8-17(21)24-19/h1-8,11H,9-10,18-19H2/b8-2+. The van der Waals surface area contributed by atoms with E-state index in [0.29, 0.717) is 24.3 Å². The van der Waals surface area contributed by atoms with Crippen molar-refractivity contribution < 1.29 is 18.0 Å². The van der Waals surface area contributed by atoms with Gasteiger partial charge in [-0.15, -0.1) is 0 Å². The molecule has 25 heavy (non-hydrogen) atoms. The van der Waals surface area contributed by atoms with Crippen molar-refractivity contribution in [2.45, 2.75) is 11.3 Å². The first-order valence-electron chi connectivity index (χ1n) is 7.52. The molecule has 0 saturated heterocycles. The Hall–Kier alpha value is -2.84. The van der Waals surface area contributed by atoms with E-state index in [9.17, 15) is 13.2 Å². The van der Waals surface area contributed by atoms with Gasteiger partial charge in [-0.2, -0.15) is 5.90 Å². The second-order valence-electron chi connectivity index (χ2n) is 5.55. The summed E-state index contributed by atoms with van der Waals surface area (Å²) in [5.74, 6) is 4.12. The van der Waals surface area contributed by atoms with Crippen LogP contribution in [0.2, 0.25) is 0 Å². The van der Waals surface area contributed by atoms with Crippen LogP contribution in [0.4, 0.5) is 11.4 Å². The van der Waals surface area contributed by atoms with E-state index in [-0.39, 0.29) is 4.90 Å². The van der Waals surface area contributed by atoms with Crippen molar-refractivity contribution >= 4 is 33.4 Å². The van der Waals surface area contributed by atoms with Gasteiger partial charge >= 0.3 is 5.97 Å². The van der Waals surface area contributed by atoms with Crippen LogP contribution >= 0.6 is 0 Å². The molecule has 0 aliphatic carbocycles. The van der Waals surface area contributed by atoms with Gasteiger partial charge in [-0.25, -0.2) is 13.2 Å². The number of anilines is 2. The smallest absolute Gasteiger partial charge is 0.349 e. The number of fused-ring (bicyclic) bond motifs is 1. The summed E-state index contributed by atoms with van der Waals surface area (Å²) in [4.78, 5) is 15.3. The maximum absolute atomic E-state index is 12.8. The van der Waals surface area contributed by atoms with Crippen molar-refractivity contribution in [2.24, 2.45) is 5.90 Å². The van der Waals surface area contributed by atoms with Crippen LogP contribution in [0.1, 0.15) is 11.1 Å². The van der Waals surface area contributed by atoms with Crippen molar-refractivity contribution in [1.82, 2.24) is 0 Å². The zero-order valence-corrected chi connectivity index (χ0v) is 14.1. The number of carbonyl (C=O) groups is 1. The third-order valence-electron chi connectivity index (χ3n) is 3.95. The van der Waals surface area contributed by atoms with Gasteiger partial charge in [0.15, 0.2) is 0 Å². The molecule has 130 valence electrons. The molecule has 2 aromatic carbocycles. The third-order valence-corrected chi connectivity index (χ3v) is 5.78. The lowest BCUT2D eigenvalue weighted by molar-refractivity contribution is -0.138. The van der Waals surface area contributed by atoms with Crippen molar-refractivity contribution in [3.8, 4) is 0 Å². The summed E-state index contributed by atoms with van der Waals surface area (Å²) in [5.41, 5.74) is 8.41. The normalized spacial score (nSPS) is 13.9. The van der Waals surface area contributed by atoms with Gasteiger partial charge in [0, 0.05) is 18.3 Å². The van der Waals surface area contributed by atoms with E-state index in [1.165, 1.54) is 22.5 Å². The van der Waals surface area contributed by atoms with Gasteiger partial charge in [-0.1, -0.05) is 6.07 Å². The van der Waals surface area contributed by atoms with E-state index in [1.807, 2.05) is 6.07 Å². The molecule has 0 bridgehead atoms. The van der Waals surface area contributed by atoms with Gasteiger partial charge in [-0.05, 0) is 60.0 Å². The summed E-state index contributed by atoms with van der Waals surface area (Å²) in [6.07, 6.45) is 3.36. The lowest BCUT2D eigenvalue weighted by Gasteiger charge is -2.19. The van der Waals surface area contributed by atoms with Crippen molar-refractivity contribution in [3.63, 3.8) is 0 Å². The highest BCUT2D eigenvalue weighted by atomic mass is 32.2. The molecule has 4 N–H and O–H groups in total. The van der Waals surface area contributed by atoms with Crippen molar-refractivity contribution in [1.29, 1.82) is 0 Å². The molecule has 0 spiro atoms. The van der Waals surface area contributed by atoms with E-state index < -0.39 is 16.0 Å². The van der Waals surface area contributed by atoms with Gasteiger partial charge in [0.25, 0.3) is 10.0 Å². The first-order valence-corrected chi connectivity index (χ1v) is 8.96. The predicted molar refractivity (Wildman–Crippen MR) is 94.8 cm³/mol. The Balaban J connectivity index is 1.90. The molecule has 0 saturated carbocycles. The van der Waals surface area contributed by atoms with Crippen LogP contribution in [0.15, 0.2) is 53.4 Å². The minimum absolute atomic E-state index is 0.198. The Morgan fingerprint density at radius 1 is 1.16 bits per heavy atom. The highest BCUT2D eigenvalue weighted by Crippen LogP contribution is 2.34. The molecule has 2 aromatic rings. The second kappa shape index (κ2) is 6.58. The van der Waals surface area contributed by atoms with Crippen LogP contribution in [0.5, 0.6) is 0 Å². The molecule has 1 heterocycles. The molecule has 0 aromatic heterocycles. The minimum Gasteiger partial charge on any atom is -0.399 e. The number of nitrogens with zero attached hydrogens (tertiary/aromatic N) is 1. The molecule has 0 amide bonds. The lowest BCUT2D eigenvalue weighted by Crippen LogP contribution is -2.29. The minimum atomic E-state index is -3.64. The molecular formula is C17H17N3O4S. The van der Waals surface area contributed by atoms with Gasteiger partial charge in [0.1, 0.15) is 0 Å². The molecule has 1 aliphatic heterocycles. The molecule has 3 rings (SSSR count). The van der Waals surface area contributed by atoms with Crippen LogP contribution < -0.4 is 15.9 Å². The summed E-state index contributed by atoms with van der Waals surface area (Å²) in [6.45, 7) is 0.361. The lowest BCUT2D eigenvalue weighted by atomic mass is 10.1. The maximum Gasteiger partial charge on any atom is 0.349 e. The van der Waals surface area contributed by atoms with Crippen LogP contribution in [0.25, 0.3) is 6.08 Å². The molecule has 0 atom stereocenters. The third kappa shape index (κ3) is 3.35. The molecule has 8 heteroatoms. The van der Waals surface area contributed by atoms with E-state index >= 15 is 0 Å². The Kier molecular flexibility index (Phi) is 4.47. The number of carbonyl (C=O) groups excluding carboxylic acids is 1. The topological polar surface area (TPSA) is 116 Å². The average molecular weight is 359 g/mol. The fourth-order valence-electron chi connectivity index (χ4n) is 2.72. The van der Waals surface area contributed by atoms with Gasteiger partial charge < -0.3 is 10.6 Å². The van der Waals surface area contributed by atoms with Crippen LogP contribution in [-0.2, 0) is 26.1 Å². The average Bonchev–Trinajstić information content (AvgIpc) is 3.04. The quantitative estimate of drug-likeness (QED) is 0.485. The Bertz CT molecular complexity index is 937. The summed E-state index contributed by atoms with van der Waals surface area (Å²) in [7, 11) is -3.64. The Labute approximate surface area is 145 Å². The number of hydrogen-bond donors (Lipinski definition) is 2. The van der Waals surface area contributed by atoms with E-state index in [1.54, 1.807) is 30.3 Å². The summed E-state index contributed by atoms with van der Waals surface area (Å²) >= 11 is 0. The highest BCUT2D eigenvalue weighted by molar-refractivity contribution is 7.92. The van der Waals surface area contributed by atoms with Crippen LogP contribution in [-0.4, -0.2) is 20.9 Å². The second-order valence-corrected chi connectivity index (χ2v) is 7.42. The molecule has 0 radical (unpaired) electrons. The largest absolute Gasteiger partial charge is 0.399 e. The zero-order chi connectivity index (χ0) is 18.0. The fraction of sp³-hybridized carbons (Fsp3) is 0.118. The first-order chi connectivity index (χ1) is 11.9. The fourth-order valence-corrected chi connectivity index (χ4v) is 4.22. The maximum atomic E-state index is 12.8. The van der Waals surface area contributed by atoms with Gasteiger partial charge in [0.2, 0.25) is 0 Å². The summed E-state index contributed by atoms with van der Waals surface area (Å²) < 4.78 is 27.1. The van der Waals surface area contributed by atoms with E-state index in [2.05, 4.69) is 4.84 Å². The van der Waals surface area contributed by atoms with Gasteiger partial charge in [0.05, 0.1) is 10.6 Å². The number of hydrogen-bond acceptors (Lipinski definition) is 6. The van der Waals surface area contributed by atoms with E-state index in [4.69, 9.17) is 11.6 Å². The number of rotatable bonds is 4. The van der Waals surface area contributed by atoms with Crippen molar-refractivity contribution in [2.75, 3.05) is 16.6 Å². The highest BCUT2D eigenvalue weighted by Gasteiger charge is 2.30. The predicted octanol–water partition coefficient (Wildman–Crippen LogP) is 1.45. The first kappa shape index (κ1) is 17.0. The van der Waals surface area contributed by atoms with Crippen LogP contribution in [0, 0.1) is 0 Å². The number of sulfonamides is 1. The Morgan fingerprint density at radius 3 is 2.56 bits per heavy atom. The SMILES string of the molecule is NOC(=O)/C=C/c1ccc2c(c1)CCN2S(=O)(=O)c1ccc(N)cc1. The number of nitrogen functional groups attached to an aromatic ring is 1. The summed E-state index contributed by atoms with van der Waals surface area (Å²) in [5, 5.41) is 0. The van der Waals surface area contributed by atoms with Crippen LogP contribution in [0.3, 0.4) is 0 Å². The van der Waals surface area contributed by atoms with Gasteiger partial charge in [-0.3, -0.25) is 4.31 Å². The molecule has 1 aliphatic rings. The van der Waals surface area contributed by atoms with Crippen molar-refractivity contribution in [3.05, 3.63) is 59.7 Å². The monoisotopic (exact) mass is 359 g/mol.